The van der Waals surface area contributed by atoms with Crippen molar-refractivity contribution in [1.29, 1.82) is 0 Å². The van der Waals surface area contributed by atoms with Crippen LogP contribution < -0.4 is 5.32 Å². The second-order valence-corrected chi connectivity index (χ2v) is 3.15. The zero-order valence-electron chi connectivity index (χ0n) is 7.30. The second-order valence-electron chi connectivity index (χ2n) is 3.15. The van der Waals surface area contributed by atoms with Gasteiger partial charge in [0.15, 0.2) is 0 Å². The van der Waals surface area contributed by atoms with Crippen LogP contribution in [0.1, 0.15) is 18.9 Å². The molecule has 0 spiro atoms. The standard InChI is InChI=1S/C10H10FNO/c1-2-10(11)7-5-3-4-6-8(7)12-9(10)13/h3-6H,2H2,1H3,(H,12,13)/t10-/m1/s1. The molecule has 0 aliphatic carbocycles. The summed E-state index contributed by atoms with van der Waals surface area (Å²) in [5.41, 5.74) is -0.768. The minimum atomic E-state index is -1.82. The molecule has 1 heterocycles. The third-order valence-corrected chi connectivity index (χ3v) is 2.45. The molecule has 1 aromatic carbocycles. The monoisotopic (exact) mass is 179 g/mol. The lowest BCUT2D eigenvalue weighted by Gasteiger charge is -2.14. The third-order valence-electron chi connectivity index (χ3n) is 2.45. The molecule has 0 saturated heterocycles. The predicted octanol–water partition coefficient (Wildman–Crippen LogP) is 2.21. The van der Waals surface area contributed by atoms with Gasteiger partial charge in [-0.25, -0.2) is 4.39 Å². The van der Waals surface area contributed by atoms with Gasteiger partial charge in [0.05, 0.1) is 0 Å². The first-order valence-electron chi connectivity index (χ1n) is 4.28. The Labute approximate surface area is 75.8 Å². The van der Waals surface area contributed by atoms with Gasteiger partial charge in [0.25, 0.3) is 5.91 Å². The zero-order valence-corrected chi connectivity index (χ0v) is 7.30. The van der Waals surface area contributed by atoms with E-state index in [2.05, 4.69) is 5.32 Å². The molecule has 1 atom stereocenters. The third kappa shape index (κ3) is 0.963. The Bertz CT molecular complexity index is 364. The van der Waals surface area contributed by atoms with E-state index in [1.807, 2.05) is 0 Å². The summed E-state index contributed by atoms with van der Waals surface area (Å²) in [6, 6.07) is 6.88. The SMILES string of the molecule is CC[C@]1(F)C(=O)Nc2ccccc21. The molecule has 1 N–H and O–H groups in total. The molecule has 1 aliphatic heterocycles. The summed E-state index contributed by atoms with van der Waals surface area (Å²) in [5, 5.41) is 2.52. The number of nitrogens with one attached hydrogen (secondary N) is 1. The second kappa shape index (κ2) is 2.55. The maximum atomic E-state index is 14.0. The summed E-state index contributed by atoms with van der Waals surface area (Å²) in [5.74, 6) is -0.545. The van der Waals surface area contributed by atoms with Crippen LogP contribution in [-0.2, 0) is 10.5 Å². The number of hydrogen-bond donors (Lipinski definition) is 1. The quantitative estimate of drug-likeness (QED) is 0.703. The van der Waals surface area contributed by atoms with Gasteiger partial charge < -0.3 is 5.32 Å². The lowest BCUT2D eigenvalue weighted by atomic mass is 9.95. The highest BCUT2D eigenvalue weighted by Gasteiger charge is 2.45. The molecule has 0 aromatic heterocycles. The molecule has 1 amide bonds. The number of fused-ring (bicyclic) bond motifs is 1. The van der Waals surface area contributed by atoms with Crippen molar-refractivity contribution in [3.05, 3.63) is 29.8 Å². The van der Waals surface area contributed by atoms with Gasteiger partial charge in [-0.05, 0) is 12.5 Å². The highest BCUT2D eigenvalue weighted by Crippen LogP contribution is 2.40. The normalized spacial score (nSPS) is 25.5. The topological polar surface area (TPSA) is 29.1 Å². The highest BCUT2D eigenvalue weighted by atomic mass is 19.1. The molecule has 2 nitrogen and oxygen atoms in total. The van der Waals surface area contributed by atoms with Gasteiger partial charge >= 0.3 is 0 Å². The number of anilines is 1. The van der Waals surface area contributed by atoms with E-state index in [9.17, 15) is 9.18 Å². The van der Waals surface area contributed by atoms with E-state index in [4.69, 9.17) is 0 Å². The van der Waals surface area contributed by atoms with Crippen LogP contribution in [0.3, 0.4) is 0 Å². The Morgan fingerprint density at radius 3 is 2.85 bits per heavy atom. The number of carbonyl (C=O) groups excluding carboxylic acids is 1. The number of para-hydroxylation sites is 1. The fraction of sp³-hybridized carbons (Fsp3) is 0.300. The lowest BCUT2D eigenvalue weighted by molar-refractivity contribution is -0.127. The molecule has 68 valence electrons. The van der Waals surface area contributed by atoms with E-state index in [1.165, 1.54) is 0 Å². The summed E-state index contributed by atoms with van der Waals surface area (Å²) in [4.78, 5) is 11.3. The van der Waals surface area contributed by atoms with E-state index < -0.39 is 11.6 Å². The zero-order chi connectivity index (χ0) is 9.47. The lowest BCUT2D eigenvalue weighted by Crippen LogP contribution is -2.28. The Kier molecular flexibility index (Phi) is 1.62. The van der Waals surface area contributed by atoms with Crippen molar-refractivity contribution in [3.8, 4) is 0 Å². The molecule has 0 unspecified atom stereocenters. The molecule has 13 heavy (non-hydrogen) atoms. The van der Waals surface area contributed by atoms with Crippen molar-refractivity contribution in [2.75, 3.05) is 5.32 Å². The van der Waals surface area contributed by atoms with Crippen LogP contribution in [0, 0.1) is 0 Å². The van der Waals surface area contributed by atoms with Crippen LogP contribution in [0.15, 0.2) is 24.3 Å². The fourth-order valence-corrected chi connectivity index (χ4v) is 1.63. The largest absolute Gasteiger partial charge is 0.323 e. The smallest absolute Gasteiger partial charge is 0.266 e. The van der Waals surface area contributed by atoms with Crippen molar-refractivity contribution in [3.63, 3.8) is 0 Å². The van der Waals surface area contributed by atoms with E-state index in [0.717, 1.165) is 0 Å². The van der Waals surface area contributed by atoms with E-state index >= 15 is 0 Å². The Hall–Kier alpha value is -1.38. The van der Waals surface area contributed by atoms with Crippen LogP contribution in [0.25, 0.3) is 0 Å². The van der Waals surface area contributed by atoms with Gasteiger partial charge in [0.1, 0.15) is 0 Å². The van der Waals surface area contributed by atoms with E-state index in [1.54, 1.807) is 31.2 Å². The van der Waals surface area contributed by atoms with Crippen molar-refractivity contribution in [1.82, 2.24) is 0 Å². The van der Waals surface area contributed by atoms with Crippen molar-refractivity contribution >= 4 is 11.6 Å². The number of benzene rings is 1. The molecule has 0 radical (unpaired) electrons. The summed E-state index contributed by atoms with van der Waals surface area (Å²) in [6.07, 6.45) is 0.176. The highest BCUT2D eigenvalue weighted by molar-refractivity contribution is 6.04. The number of carbonyl (C=O) groups is 1. The Balaban J connectivity index is 2.59. The van der Waals surface area contributed by atoms with Crippen molar-refractivity contribution in [2.45, 2.75) is 19.0 Å². The van der Waals surface area contributed by atoms with Gasteiger partial charge in [0, 0.05) is 11.3 Å². The van der Waals surface area contributed by atoms with Crippen LogP contribution in [-0.4, -0.2) is 5.91 Å². The predicted molar refractivity (Wildman–Crippen MR) is 48.1 cm³/mol. The van der Waals surface area contributed by atoms with Gasteiger partial charge in [-0.2, -0.15) is 0 Å². The summed E-state index contributed by atoms with van der Waals surface area (Å²) < 4.78 is 14.0. The summed E-state index contributed by atoms with van der Waals surface area (Å²) in [7, 11) is 0. The Morgan fingerprint density at radius 2 is 2.15 bits per heavy atom. The van der Waals surface area contributed by atoms with Gasteiger partial charge in [-0.15, -0.1) is 0 Å². The van der Waals surface area contributed by atoms with Gasteiger partial charge in [-0.1, -0.05) is 25.1 Å². The molecule has 0 saturated carbocycles. The first-order chi connectivity index (χ1) is 6.18. The van der Waals surface area contributed by atoms with Crippen molar-refractivity contribution in [2.24, 2.45) is 0 Å². The average Bonchev–Trinajstić information content (AvgIpc) is 2.41. The van der Waals surface area contributed by atoms with Crippen LogP contribution in [0.5, 0.6) is 0 Å². The Morgan fingerprint density at radius 1 is 1.46 bits per heavy atom. The maximum Gasteiger partial charge on any atom is 0.266 e. The molecule has 0 fully saturated rings. The number of amides is 1. The summed E-state index contributed by atoms with van der Waals surface area (Å²) >= 11 is 0. The molecule has 1 aromatic rings. The maximum absolute atomic E-state index is 14.0. The van der Waals surface area contributed by atoms with Crippen LogP contribution in [0.2, 0.25) is 0 Å². The van der Waals surface area contributed by atoms with Gasteiger partial charge in [0.2, 0.25) is 5.67 Å². The van der Waals surface area contributed by atoms with Crippen LogP contribution in [0.4, 0.5) is 10.1 Å². The first-order valence-corrected chi connectivity index (χ1v) is 4.28. The van der Waals surface area contributed by atoms with Crippen molar-refractivity contribution < 1.29 is 9.18 Å². The minimum Gasteiger partial charge on any atom is -0.323 e. The average molecular weight is 179 g/mol. The molecule has 1 aliphatic rings. The van der Waals surface area contributed by atoms with Crippen LogP contribution >= 0.6 is 0 Å². The number of halogens is 1. The number of rotatable bonds is 1. The molecule has 2 rings (SSSR count). The number of alkyl halides is 1. The summed E-state index contributed by atoms with van der Waals surface area (Å²) in [6.45, 7) is 1.67. The molecule has 3 heteroatoms. The molecule has 0 bridgehead atoms. The number of hydrogen-bond acceptors (Lipinski definition) is 1. The first kappa shape index (κ1) is 8.23. The molecular weight excluding hydrogens is 169 g/mol. The van der Waals surface area contributed by atoms with Gasteiger partial charge in [-0.3, -0.25) is 4.79 Å². The molecular formula is C10H10FNO. The fourth-order valence-electron chi connectivity index (χ4n) is 1.63. The van der Waals surface area contributed by atoms with E-state index in [-0.39, 0.29) is 6.42 Å². The minimum absolute atomic E-state index is 0.176. The van der Waals surface area contributed by atoms with E-state index in [0.29, 0.717) is 11.3 Å².